The summed E-state index contributed by atoms with van der Waals surface area (Å²) in [6, 6.07) is 18.7. The average Bonchev–Trinajstić information content (AvgIpc) is 2.90. The molecule has 0 aromatic heterocycles. The summed E-state index contributed by atoms with van der Waals surface area (Å²) in [5.41, 5.74) is 4.78. The fourth-order valence-electron chi connectivity index (χ4n) is 8.62. The van der Waals surface area contributed by atoms with E-state index in [1.54, 1.807) is 0 Å². The summed E-state index contributed by atoms with van der Waals surface area (Å²) in [7, 11) is 0. The molecular weight excluding hydrogens is 431 g/mol. The summed E-state index contributed by atoms with van der Waals surface area (Å²) in [4.78, 5) is 0. The van der Waals surface area contributed by atoms with Crippen LogP contribution in [-0.2, 0) is 0 Å². The molecule has 5 rings (SSSR count). The Bertz CT molecular complexity index is 923. The molecule has 2 aromatic rings. The number of para-hydroxylation sites is 1. The van der Waals surface area contributed by atoms with E-state index in [-0.39, 0.29) is 6.10 Å². The van der Waals surface area contributed by atoms with E-state index in [1.807, 2.05) is 5.30 Å². The predicted molar refractivity (Wildman–Crippen MR) is 152 cm³/mol. The molecular formula is C32H47OP. The Morgan fingerprint density at radius 3 is 1.71 bits per heavy atom. The van der Waals surface area contributed by atoms with Crippen molar-refractivity contribution in [2.45, 2.75) is 115 Å². The Hall–Kier alpha value is -1.33. The summed E-state index contributed by atoms with van der Waals surface area (Å²) in [6.07, 6.45) is 22.4. The maximum absolute atomic E-state index is 6.41. The van der Waals surface area contributed by atoms with Crippen molar-refractivity contribution >= 4 is 11.9 Å². The van der Waals surface area contributed by atoms with Gasteiger partial charge in [0.15, 0.2) is 0 Å². The normalized spacial score (nSPS) is 24.9. The molecule has 0 amide bonds. The van der Waals surface area contributed by atoms with E-state index in [0.29, 0.717) is 0 Å². The van der Waals surface area contributed by atoms with Gasteiger partial charge in [0.25, 0.3) is 0 Å². The second-order valence-electron chi connectivity index (χ2n) is 11.9. The first kappa shape index (κ1) is 24.4. The number of hydrogen-bond acceptors (Lipinski definition) is 1. The van der Waals surface area contributed by atoms with E-state index in [9.17, 15) is 0 Å². The number of rotatable bonds is 6. The van der Waals surface area contributed by atoms with Crippen LogP contribution in [0.25, 0.3) is 11.1 Å². The van der Waals surface area contributed by atoms with Crippen LogP contribution in [0.4, 0.5) is 0 Å². The van der Waals surface area contributed by atoms with Crippen LogP contribution in [0.1, 0.15) is 97.3 Å². The summed E-state index contributed by atoms with van der Waals surface area (Å²) in [6.45, 7) is 2.14. The second kappa shape index (κ2) is 10.3. The Morgan fingerprint density at radius 1 is 0.618 bits per heavy atom. The molecule has 1 heterocycles. The zero-order chi connectivity index (χ0) is 23.5. The van der Waals surface area contributed by atoms with Crippen LogP contribution >= 0.6 is 6.60 Å². The van der Waals surface area contributed by atoms with E-state index in [1.165, 1.54) is 107 Å². The van der Waals surface area contributed by atoms with Gasteiger partial charge in [0, 0.05) is 0 Å². The van der Waals surface area contributed by atoms with Gasteiger partial charge in [-0.2, -0.15) is 0 Å². The molecule has 34 heavy (non-hydrogen) atoms. The molecule has 1 nitrogen and oxygen atoms in total. The summed E-state index contributed by atoms with van der Waals surface area (Å²) >= 11 is 0. The van der Waals surface area contributed by atoms with Crippen molar-refractivity contribution in [3.8, 4) is 16.9 Å². The van der Waals surface area contributed by atoms with Crippen molar-refractivity contribution in [2.75, 3.05) is 12.3 Å². The Balaban J connectivity index is 1.76. The van der Waals surface area contributed by atoms with E-state index in [4.69, 9.17) is 4.74 Å². The standard InChI is InChI=1S/C32H47OP/c1-26(2)33-31-22-12-10-20-29(31)30-21-11-13-23-32(30)34(24-14-5-15-25-34,27-16-6-3-7-17-27)28-18-8-4-9-19-28/h10-13,20-23,26-28H,3-9,14-19,24-25H2,1-2H3. The monoisotopic (exact) mass is 478 g/mol. The zero-order valence-electron chi connectivity index (χ0n) is 21.8. The molecule has 2 aliphatic carbocycles. The van der Waals surface area contributed by atoms with Crippen molar-refractivity contribution in [1.82, 2.24) is 0 Å². The molecule has 1 aliphatic heterocycles. The van der Waals surface area contributed by atoms with Crippen molar-refractivity contribution in [3.63, 3.8) is 0 Å². The Labute approximate surface area is 209 Å². The van der Waals surface area contributed by atoms with Gasteiger partial charge >= 0.3 is 209 Å². The first-order chi connectivity index (χ1) is 16.6. The fraction of sp³-hybridized carbons (Fsp3) is 0.625. The number of hydrogen-bond donors (Lipinski definition) is 0. The van der Waals surface area contributed by atoms with Crippen LogP contribution in [0.2, 0.25) is 0 Å². The van der Waals surface area contributed by atoms with Crippen molar-refractivity contribution in [3.05, 3.63) is 48.5 Å². The predicted octanol–water partition coefficient (Wildman–Crippen LogP) is 9.17. The van der Waals surface area contributed by atoms with Crippen molar-refractivity contribution in [1.29, 1.82) is 0 Å². The first-order valence-electron chi connectivity index (χ1n) is 14.5. The first-order valence-corrected chi connectivity index (χ1v) is 17.2. The van der Waals surface area contributed by atoms with Crippen LogP contribution in [0.15, 0.2) is 48.5 Å². The van der Waals surface area contributed by atoms with E-state index in [0.717, 1.165) is 17.1 Å². The SMILES string of the molecule is CC(C)Oc1ccccc1-c1ccccc1P1(C2CCCCC2)(C2CCCCC2)CCCCC1. The van der Waals surface area contributed by atoms with Gasteiger partial charge in [-0.05, 0) is 0 Å². The van der Waals surface area contributed by atoms with Crippen LogP contribution in [0, 0.1) is 0 Å². The second-order valence-corrected chi connectivity index (χ2v) is 18.1. The van der Waals surface area contributed by atoms with Crippen molar-refractivity contribution in [2.24, 2.45) is 0 Å². The van der Waals surface area contributed by atoms with Crippen LogP contribution < -0.4 is 10.0 Å². The molecule has 2 saturated carbocycles. The van der Waals surface area contributed by atoms with Gasteiger partial charge in [0.2, 0.25) is 0 Å². The summed E-state index contributed by atoms with van der Waals surface area (Å²) in [5, 5.41) is 1.83. The number of ether oxygens (including phenoxy) is 1. The average molecular weight is 479 g/mol. The zero-order valence-corrected chi connectivity index (χ0v) is 22.7. The maximum atomic E-state index is 6.41. The van der Waals surface area contributed by atoms with E-state index in [2.05, 4.69) is 62.4 Å². The Morgan fingerprint density at radius 2 is 1.12 bits per heavy atom. The molecule has 0 radical (unpaired) electrons. The van der Waals surface area contributed by atoms with Crippen LogP contribution in [0.3, 0.4) is 0 Å². The van der Waals surface area contributed by atoms with Gasteiger partial charge in [0.1, 0.15) is 0 Å². The van der Waals surface area contributed by atoms with Gasteiger partial charge in [0.05, 0.1) is 0 Å². The van der Waals surface area contributed by atoms with E-state index < -0.39 is 6.60 Å². The molecule has 2 heteroatoms. The number of benzene rings is 2. The third-order valence-electron chi connectivity index (χ3n) is 9.90. The molecule has 2 aromatic carbocycles. The van der Waals surface area contributed by atoms with Crippen LogP contribution in [-0.4, -0.2) is 29.7 Å². The third kappa shape index (κ3) is 4.15. The molecule has 1 saturated heterocycles. The summed E-state index contributed by atoms with van der Waals surface area (Å²) < 4.78 is 6.41. The molecule has 0 atom stereocenters. The summed E-state index contributed by atoms with van der Waals surface area (Å²) in [5.74, 6) is 1.07. The van der Waals surface area contributed by atoms with Crippen molar-refractivity contribution < 1.29 is 4.74 Å². The van der Waals surface area contributed by atoms with Gasteiger partial charge in [-0.3, -0.25) is 0 Å². The molecule has 0 unspecified atom stereocenters. The van der Waals surface area contributed by atoms with E-state index >= 15 is 0 Å². The molecule has 0 N–H and O–H groups in total. The van der Waals surface area contributed by atoms with Crippen LogP contribution in [0.5, 0.6) is 5.75 Å². The van der Waals surface area contributed by atoms with Gasteiger partial charge in [-0.15, -0.1) is 0 Å². The third-order valence-corrected chi connectivity index (χ3v) is 18.9. The molecule has 3 fully saturated rings. The fourth-order valence-corrected chi connectivity index (χ4v) is 18.7. The van der Waals surface area contributed by atoms with Gasteiger partial charge in [-0.1, -0.05) is 0 Å². The van der Waals surface area contributed by atoms with Gasteiger partial charge in [-0.25, -0.2) is 0 Å². The minimum absolute atomic E-state index is 0.194. The minimum atomic E-state index is -2.18. The quantitative estimate of drug-likeness (QED) is 0.376. The molecule has 0 bridgehead atoms. The molecule has 0 spiro atoms. The molecule has 3 aliphatic rings. The topological polar surface area (TPSA) is 9.23 Å². The van der Waals surface area contributed by atoms with Gasteiger partial charge < -0.3 is 0 Å². The molecule has 186 valence electrons. The Kier molecular flexibility index (Phi) is 7.41.